The Morgan fingerprint density at radius 1 is 1.29 bits per heavy atom. The van der Waals surface area contributed by atoms with E-state index in [4.69, 9.17) is 14.1 Å². The molecule has 0 saturated carbocycles. The third kappa shape index (κ3) is 89.3. The van der Waals surface area contributed by atoms with Gasteiger partial charge in [0.1, 0.15) is 0 Å². The summed E-state index contributed by atoms with van der Waals surface area (Å²) >= 11 is 0. The first kappa shape index (κ1) is 23.4. The quantitative estimate of drug-likeness (QED) is 0.465. The molecule has 0 aromatic rings. The second kappa shape index (κ2) is 15.6. The van der Waals surface area contributed by atoms with E-state index in [0.29, 0.717) is 0 Å². The zero-order chi connectivity index (χ0) is 3.58. The Balaban J connectivity index is -0.0000000150. The molecule has 7 heteroatoms. The van der Waals surface area contributed by atoms with Crippen LogP contribution in [0.2, 0.25) is 0 Å². The molecule has 0 fully saturated rings. The van der Waals surface area contributed by atoms with Crippen LogP contribution < -0.4 is 0 Å². The predicted molar refractivity (Wildman–Crippen MR) is 20.8 cm³/mol. The first-order valence-corrected chi connectivity index (χ1v) is 1.95. The Labute approximate surface area is 85.4 Å². The molecule has 0 rings (SSSR count). The van der Waals surface area contributed by atoms with Crippen molar-refractivity contribution in [2.75, 3.05) is 0 Å². The van der Waals surface area contributed by atoms with Crippen molar-refractivity contribution in [1.29, 1.82) is 0 Å². The van der Waals surface area contributed by atoms with Crippen LogP contribution in [0, 0.1) is 0 Å². The molecule has 0 heterocycles. The fourth-order valence-electron chi connectivity index (χ4n) is 0. The Hall–Kier alpha value is 1.66. The monoisotopic (exact) mass is 262 g/mol. The van der Waals surface area contributed by atoms with Crippen molar-refractivity contribution in [3.8, 4) is 0 Å². The maximum Gasteiger partial charge on any atom is 0.761 e. The topological polar surface area (TPSA) is 57.5 Å². The maximum atomic E-state index is 8.74. The summed E-state index contributed by atoms with van der Waals surface area (Å²) in [6, 6.07) is 0. The molecule has 0 aliphatic carbocycles. The van der Waals surface area contributed by atoms with E-state index in [-0.39, 0.29) is 63.0 Å². The molecule has 0 spiro atoms. The second-order valence-electron chi connectivity index (χ2n) is 0.283. The minimum absolute atomic E-state index is 0. The van der Waals surface area contributed by atoms with Crippen LogP contribution in [0.4, 0.5) is 0 Å². The van der Waals surface area contributed by atoms with Crippen molar-refractivity contribution >= 4 is 26.5 Å². The van der Waals surface area contributed by atoms with Gasteiger partial charge in [-0.05, 0) is 0 Å². The van der Waals surface area contributed by atoms with Crippen LogP contribution in [0.15, 0.2) is 0 Å². The molecule has 3 nitrogen and oxygen atoms in total. The van der Waals surface area contributed by atoms with Gasteiger partial charge in [-0.3, -0.25) is 4.46 Å². The number of hydrogen-bond donors (Lipinski definition) is 2. The molecule has 0 unspecified atom stereocenters. The molecule has 0 aliphatic heterocycles. The molecule has 2 N–H and O–H groups in total. The van der Waals surface area contributed by atoms with Crippen molar-refractivity contribution in [3.05, 3.63) is 0 Å². The zero-order valence-corrected chi connectivity index (χ0v) is 9.43. The van der Waals surface area contributed by atoms with Gasteiger partial charge in [-0.2, -0.15) is 0 Å². The van der Waals surface area contributed by atoms with Gasteiger partial charge in [0, 0.05) is 45.7 Å². The second-order valence-corrected chi connectivity index (χ2v) is 0.848. The van der Waals surface area contributed by atoms with E-state index in [2.05, 4.69) is 0 Å². The van der Waals surface area contributed by atoms with Crippen molar-refractivity contribution in [1.82, 2.24) is 0 Å². The van der Waals surface area contributed by atoms with E-state index in [1.54, 1.807) is 0 Å². The van der Waals surface area contributed by atoms with E-state index < -0.39 is 9.17 Å². The summed E-state index contributed by atoms with van der Waals surface area (Å²) in [6.45, 7) is 0. The van der Waals surface area contributed by atoms with Crippen molar-refractivity contribution in [2.45, 2.75) is 0 Å². The summed E-state index contributed by atoms with van der Waals surface area (Å²) in [6.07, 6.45) is 0. The van der Waals surface area contributed by atoms with Gasteiger partial charge in [-0.1, -0.05) is 0 Å². The molecule has 0 saturated heterocycles. The first-order valence-electron chi connectivity index (χ1n) is 0.651. The molecule has 0 aliphatic rings. The summed E-state index contributed by atoms with van der Waals surface area (Å²) in [7, 11) is -3.13. The molecule has 0 aromatic heterocycles. The normalized spacial score (nSPS) is 3.43. The van der Waals surface area contributed by atoms with Gasteiger partial charge < -0.3 is 9.59 Å². The Morgan fingerprint density at radius 3 is 1.29 bits per heavy atom. The molecule has 0 aromatic carbocycles. The minimum Gasteiger partial charge on any atom is -0.511 e. The Morgan fingerprint density at radius 2 is 1.29 bits per heavy atom. The van der Waals surface area contributed by atoms with Crippen LogP contribution in [0.25, 0.3) is 0 Å². The fourth-order valence-corrected chi connectivity index (χ4v) is 0. The average Bonchev–Trinajstić information content (AvgIpc) is 0.811. The summed E-state index contributed by atoms with van der Waals surface area (Å²) in [5.41, 5.74) is 0. The summed E-state index contributed by atoms with van der Waals surface area (Å²) < 4.78 is 8.74. The van der Waals surface area contributed by atoms with Crippen LogP contribution >= 0.6 is 0 Å². The molecule has 0 bridgehead atoms. The molecule has 7 heavy (non-hydrogen) atoms. The van der Waals surface area contributed by atoms with Crippen LogP contribution in [0.5, 0.6) is 0 Å². The fraction of sp³-hybridized carbons (Fsp3) is 0. The maximum absolute atomic E-state index is 8.74. The van der Waals surface area contributed by atoms with E-state index in [1.807, 2.05) is 0 Å². The molecule has 0 atom stereocenters. The van der Waals surface area contributed by atoms with E-state index >= 15 is 0 Å². The Bertz CT molecular complexity index is 37.9. The van der Waals surface area contributed by atoms with Gasteiger partial charge in [-0.25, -0.2) is 0 Å². The standard InChI is InChI=1S/Al.H2O3Si.Zn.Zr.3H/c;1-4(2)3;;;;;/h;1-2H;;;;;. The van der Waals surface area contributed by atoms with Gasteiger partial charge in [0.2, 0.25) is 0 Å². The Kier molecular flexibility index (Phi) is 52.3. The predicted octanol–water partition coefficient (Wildman–Crippen LogP) is -2.80. The third-order valence-corrected chi connectivity index (χ3v) is 0. The molecule has 0 amide bonds. The van der Waals surface area contributed by atoms with Crippen LogP contribution in [0.1, 0.15) is 0 Å². The first-order chi connectivity index (χ1) is 1.73. The van der Waals surface area contributed by atoms with E-state index in [1.165, 1.54) is 0 Å². The summed E-state index contributed by atoms with van der Waals surface area (Å²) in [5.74, 6) is 0. The average molecular weight is 265 g/mol. The SMILES string of the molecule is O=[Si](O)O.[AlH3].[Zn].[Zr]. The van der Waals surface area contributed by atoms with Crippen LogP contribution in [-0.4, -0.2) is 36.1 Å². The molecular formula is H5AlO3SiZnZr. The van der Waals surface area contributed by atoms with Crippen molar-refractivity contribution in [3.63, 3.8) is 0 Å². The van der Waals surface area contributed by atoms with Gasteiger partial charge in [0.25, 0.3) is 0 Å². The molecule has 0 radical (unpaired) electrons. The summed E-state index contributed by atoms with van der Waals surface area (Å²) in [4.78, 5) is 14.3. The van der Waals surface area contributed by atoms with Crippen molar-refractivity contribution in [2.24, 2.45) is 0 Å². The van der Waals surface area contributed by atoms with Gasteiger partial charge in [0.05, 0.1) is 0 Å². The van der Waals surface area contributed by atoms with E-state index in [9.17, 15) is 0 Å². The zero-order valence-electron chi connectivity index (χ0n) is 3.01. The summed E-state index contributed by atoms with van der Waals surface area (Å²) in [5, 5.41) is 0. The number of hydrogen-bond acceptors (Lipinski definition) is 1. The van der Waals surface area contributed by atoms with E-state index in [0.717, 1.165) is 0 Å². The van der Waals surface area contributed by atoms with Gasteiger partial charge in [-0.15, -0.1) is 0 Å². The minimum atomic E-state index is -3.13. The largest absolute Gasteiger partial charge is 0.761 e. The van der Waals surface area contributed by atoms with Gasteiger partial charge in [0.15, 0.2) is 17.4 Å². The van der Waals surface area contributed by atoms with Crippen LogP contribution in [-0.2, 0) is 50.1 Å². The number of rotatable bonds is 0. The smallest absolute Gasteiger partial charge is 0.511 e. The van der Waals surface area contributed by atoms with Gasteiger partial charge >= 0.3 is 9.17 Å². The third-order valence-electron chi connectivity index (χ3n) is 0. The van der Waals surface area contributed by atoms with Crippen LogP contribution in [0.3, 0.4) is 0 Å². The molecular weight excluding hydrogens is 260 g/mol. The van der Waals surface area contributed by atoms with Crippen molar-refractivity contribution < 1.29 is 59.7 Å². The molecule has 36 valence electrons.